The van der Waals surface area contributed by atoms with Crippen LogP contribution in [0.4, 0.5) is 0 Å². The molecule has 0 nitrogen and oxygen atoms in total. The molecule has 0 amide bonds. The quantitative estimate of drug-likeness (QED) is 0.236. The lowest BCUT2D eigenvalue weighted by atomic mass is 9.93. The van der Waals surface area contributed by atoms with Crippen LogP contribution in [-0.4, -0.2) is 0 Å². The van der Waals surface area contributed by atoms with Gasteiger partial charge in [0.2, 0.25) is 0 Å². The van der Waals surface area contributed by atoms with Gasteiger partial charge in [-0.15, -0.1) is 0 Å². The second kappa shape index (κ2) is 8.30. The van der Waals surface area contributed by atoms with Gasteiger partial charge >= 0.3 is 0 Å². The van der Waals surface area contributed by atoms with Gasteiger partial charge in [0.1, 0.15) is 0 Å². The van der Waals surface area contributed by atoms with Crippen LogP contribution in [0.5, 0.6) is 0 Å². The van der Waals surface area contributed by atoms with Crippen molar-refractivity contribution >= 4 is 21.5 Å². The summed E-state index contributed by atoms with van der Waals surface area (Å²) in [7, 11) is 0. The first kappa shape index (κ1) is 21.2. The molecule has 0 aliphatic heterocycles. The minimum atomic E-state index is 1.23. The Morgan fingerprint density at radius 2 is 0.763 bits per heavy atom. The van der Waals surface area contributed by atoms with Gasteiger partial charge in [0.05, 0.1) is 0 Å². The van der Waals surface area contributed by atoms with Crippen molar-refractivity contribution in [2.75, 3.05) is 0 Å². The van der Waals surface area contributed by atoms with E-state index < -0.39 is 0 Å². The van der Waals surface area contributed by atoms with Crippen molar-refractivity contribution in [1.29, 1.82) is 0 Å². The smallest absolute Gasteiger partial charge is 0.00259 e. The predicted molar refractivity (Wildman–Crippen MR) is 162 cm³/mol. The van der Waals surface area contributed by atoms with Crippen LogP contribution in [0.2, 0.25) is 0 Å². The third-order valence-corrected chi connectivity index (χ3v) is 7.98. The molecule has 0 spiro atoms. The van der Waals surface area contributed by atoms with E-state index in [2.05, 4.69) is 146 Å². The summed E-state index contributed by atoms with van der Waals surface area (Å²) in [6, 6.07) is 53.3. The van der Waals surface area contributed by atoms with E-state index in [-0.39, 0.29) is 0 Å². The highest BCUT2D eigenvalue weighted by atomic mass is 14.2. The molecule has 0 heteroatoms. The van der Waals surface area contributed by atoms with Crippen molar-refractivity contribution in [3.63, 3.8) is 0 Å². The standard InChI is InChI=1S/C38H24/c1-2-8-28-22-31(20-19-25(28)7-1)27-17-15-26(16-18-27)29-9-5-10-30(21-29)33-23-32-11-6-14-36-34-12-3-4-13-35(34)37(24-33)38(32)36/h1-24H. The first-order valence-electron chi connectivity index (χ1n) is 13.2. The lowest BCUT2D eigenvalue weighted by Gasteiger charge is -2.11. The van der Waals surface area contributed by atoms with E-state index in [4.69, 9.17) is 0 Å². The normalized spacial score (nSPS) is 11.7. The Hall–Kier alpha value is -4.94. The van der Waals surface area contributed by atoms with Gasteiger partial charge in [0.25, 0.3) is 0 Å². The Labute approximate surface area is 222 Å². The molecular formula is C38H24. The zero-order valence-corrected chi connectivity index (χ0v) is 20.9. The Morgan fingerprint density at radius 3 is 1.55 bits per heavy atom. The summed E-state index contributed by atoms with van der Waals surface area (Å²) in [5, 5.41) is 5.22. The second-order valence-corrected chi connectivity index (χ2v) is 10.2. The minimum Gasteiger partial charge on any atom is -0.0616 e. The first-order valence-corrected chi connectivity index (χ1v) is 13.2. The highest BCUT2D eigenvalue weighted by molar-refractivity contribution is 6.16. The summed E-state index contributed by atoms with van der Waals surface area (Å²) in [4.78, 5) is 0. The van der Waals surface area contributed by atoms with Crippen LogP contribution in [0.3, 0.4) is 0 Å². The van der Waals surface area contributed by atoms with Gasteiger partial charge in [-0.3, -0.25) is 0 Å². The second-order valence-electron chi connectivity index (χ2n) is 10.2. The molecular weight excluding hydrogens is 456 g/mol. The molecule has 38 heavy (non-hydrogen) atoms. The maximum absolute atomic E-state index is 2.37. The van der Waals surface area contributed by atoms with Crippen LogP contribution in [0.1, 0.15) is 0 Å². The van der Waals surface area contributed by atoms with E-state index in [0.717, 1.165) is 0 Å². The number of hydrogen-bond donors (Lipinski definition) is 0. The zero-order chi connectivity index (χ0) is 25.1. The van der Waals surface area contributed by atoms with Crippen LogP contribution in [0.25, 0.3) is 77.2 Å². The summed E-state index contributed by atoms with van der Waals surface area (Å²) < 4.78 is 0. The van der Waals surface area contributed by atoms with Crippen molar-refractivity contribution in [3.8, 4) is 55.6 Å². The molecule has 1 aliphatic rings. The number of hydrogen-bond acceptors (Lipinski definition) is 0. The van der Waals surface area contributed by atoms with Gasteiger partial charge < -0.3 is 0 Å². The fourth-order valence-electron chi connectivity index (χ4n) is 6.09. The van der Waals surface area contributed by atoms with E-state index in [1.165, 1.54) is 77.2 Å². The van der Waals surface area contributed by atoms with E-state index in [9.17, 15) is 0 Å². The van der Waals surface area contributed by atoms with Crippen molar-refractivity contribution in [2.24, 2.45) is 0 Å². The van der Waals surface area contributed by atoms with E-state index >= 15 is 0 Å². The average Bonchev–Trinajstić information content (AvgIpc) is 3.32. The maximum Gasteiger partial charge on any atom is -0.00259 e. The number of fused-ring (bicyclic) bond motifs is 4. The third kappa shape index (κ3) is 3.31. The number of rotatable bonds is 3. The molecule has 176 valence electrons. The van der Waals surface area contributed by atoms with Crippen molar-refractivity contribution < 1.29 is 0 Å². The Morgan fingerprint density at radius 1 is 0.237 bits per heavy atom. The molecule has 0 N–H and O–H groups in total. The van der Waals surface area contributed by atoms with E-state index in [1.54, 1.807) is 0 Å². The highest BCUT2D eigenvalue weighted by Gasteiger charge is 2.21. The van der Waals surface area contributed by atoms with E-state index in [1.807, 2.05) is 0 Å². The molecule has 0 saturated carbocycles. The largest absolute Gasteiger partial charge is 0.0616 e. The van der Waals surface area contributed by atoms with Gasteiger partial charge in [-0.25, -0.2) is 0 Å². The highest BCUT2D eigenvalue weighted by Crippen LogP contribution is 2.48. The molecule has 0 saturated heterocycles. The minimum absolute atomic E-state index is 1.23. The topological polar surface area (TPSA) is 0 Å². The van der Waals surface area contributed by atoms with Gasteiger partial charge in [0, 0.05) is 0 Å². The monoisotopic (exact) mass is 480 g/mol. The number of benzene rings is 7. The molecule has 0 heterocycles. The van der Waals surface area contributed by atoms with Gasteiger partial charge in [0.15, 0.2) is 0 Å². The first-order chi connectivity index (χ1) is 18.8. The zero-order valence-electron chi connectivity index (χ0n) is 20.9. The average molecular weight is 481 g/mol. The summed E-state index contributed by atoms with van der Waals surface area (Å²) in [6.45, 7) is 0. The molecule has 0 fully saturated rings. The molecule has 8 rings (SSSR count). The molecule has 7 aromatic carbocycles. The fraction of sp³-hybridized carbons (Fsp3) is 0. The Kier molecular flexibility index (Phi) is 4.62. The lowest BCUT2D eigenvalue weighted by molar-refractivity contribution is 1.59. The Balaban J connectivity index is 1.18. The van der Waals surface area contributed by atoms with Crippen LogP contribution in [-0.2, 0) is 0 Å². The molecule has 0 unspecified atom stereocenters. The van der Waals surface area contributed by atoms with Crippen LogP contribution in [0.15, 0.2) is 146 Å². The summed E-state index contributed by atoms with van der Waals surface area (Å²) in [6.07, 6.45) is 0. The Bertz CT molecular complexity index is 2010. The van der Waals surface area contributed by atoms with E-state index in [0.29, 0.717) is 0 Å². The summed E-state index contributed by atoms with van der Waals surface area (Å²) >= 11 is 0. The molecule has 7 aromatic rings. The van der Waals surface area contributed by atoms with Gasteiger partial charge in [-0.1, -0.05) is 121 Å². The van der Waals surface area contributed by atoms with Crippen LogP contribution >= 0.6 is 0 Å². The van der Waals surface area contributed by atoms with Crippen molar-refractivity contribution in [3.05, 3.63) is 146 Å². The molecule has 1 aliphatic carbocycles. The van der Waals surface area contributed by atoms with Crippen LogP contribution < -0.4 is 0 Å². The third-order valence-electron chi connectivity index (χ3n) is 7.98. The maximum atomic E-state index is 2.37. The van der Waals surface area contributed by atoms with Crippen LogP contribution in [0, 0.1) is 0 Å². The molecule has 0 atom stereocenters. The fourth-order valence-corrected chi connectivity index (χ4v) is 6.09. The summed E-state index contributed by atoms with van der Waals surface area (Å²) in [5.41, 5.74) is 12.8. The SMILES string of the molecule is c1cc(-c2ccc(-c3ccc4ccccc4c3)cc2)cc(-c2cc3c4c(cccc4c2)-c2ccccc2-3)c1. The van der Waals surface area contributed by atoms with Crippen molar-refractivity contribution in [2.45, 2.75) is 0 Å². The lowest BCUT2D eigenvalue weighted by Crippen LogP contribution is -1.85. The van der Waals surface area contributed by atoms with Crippen molar-refractivity contribution in [1.82, 2.24) is 0 Å². The van der Waals surface area contributed by atoms with Gasteiger partial charge in [-0.2, -0.15) is 0 Å². The van der Waals surface area contributed by atoms with Gasteiger partial charge in [-0.05, 0) is 101 Å². The molecule has 0 bridgehead atoms. The predicted octanol–water partition coefficient (Wildman–Crippen LogP) is 10.6. The molecule has 0 aromatic heterocycles. The summed E-state index contributed by atoms with van der Waals surface area (Å²) in [5.74, 6) is 0. The molecule has 0 radical (unpaired) electrons.